The van der Waals surface area contributed by atoms with E-state index in [1.54, 1.807) is 0 Å². The number of halogens is 1. The summed E-state index contributed by atoms with van der Waals surface area (Å²) in [6, 6.07) is 0. The predicted molar refractivity (Wildman–Crippen MR) is 7.25 cm³/mol. The fourth-order valence-electron chi connectivity index (χ4n) is 0. The molecule has 0 aliphatic carbocycles. The standard InChI is InChI=1S/Ce.ClH.Fe.Ir.Ru.Ti/h;1H;;;;. The van der Waals surface area contributed by atoms with Crippen LogP contribution >= 0.6 is 12.4 Å². The van der Waals surface area contributed by atoms with Crippen LogP contribution in [-0.4, -0.2) is 0 Å². The monoisotopic (exact) mass is 575 g/mol. The smallest absolute Gasteiger partial charge is 0 e. The third-order valence-electron chi connectivity index (χ3n) is 0. The van der Waals surface area contributed by atoms with Crippen molar-refractivity contribution < 1.29 is 120 Å². The van der Waals surface area contributed by atoms with E-state index in [9.17, 15) is 0 Å². The minimum atomic E-state index is 0. The van der Waals surface area contributed by atoms with Crippen molar-refractivity contribution in [1.29, 1.82) is 0 Å². The van der Waals surface area contributed by atoms with Gasteiger partial charge in [0.25, 0.3) is 0 Å². The summed E-state index contributed by atoms with van der Waals surface area (Å²) in [6.07, 6.45) is 0. The van der Waals surface area contributed by atoms with Gasteiger partial charge in [-0.2, -0.15) is 0 Å². The van der Waals surface area contributed by atoms with Crippen LogP contribution < -0.4 is 0 Å². The summed E-state index contributed by atoms with van der Waals surface area (Å²) >= 11 is 0. The number of rotatable bonds is 0. The topological polar surface area (TPSA) is 0 Å². The van der Waals surface area contributed by atoms with E-state index in [2.05, 4.69) is 0 Å². The molecule has 0 nitrogen and oxygen atoms in total. The maximum absolute atomic E-state index is 0. The second-order valence-corrected chi connectivity index (χ2v) is 0. The Morgan fingerprint density at radius 3 is 1.00 bits per heavy atom. The Kier molecular flexibility index (Phi) is 288. The van der Waals surface area contributed by atoms with E-state index in [4.69, 9.17) is 0 Å². The van der Waals surface area contributed by atoms with Gasteiger partial charge in [0.1, 0.15) is 0 Å². The second-order valence-electron chi connectivity index (χ2n) is 0. The van der Waals surface area contributed by atoms with Crippen LogP contribution in [0.15, 0.2) is 0 Å². The van der Waals surface area contributed by atoms with E-state index >= 15 is 0 Å². The van der Waals surface area contributed by atoms with Gasteiger partial charge in [0, 0.05) is 120 Å². The van der Waals surface area contributed by atoms with Crippen LogP contribution in [0.1, 0.15) is 0 Å². The first-order chi connectivity index (χ1) is 0. The van der Waals surface area contributed by atoms with Crippen LogP contribution in [0.3, 0.4) is 0 Å². The van der Waals surface area contributed by atoms with E-state index in [0.29, 0.717) is 0 Å². The van der Waals surface area contributed by atoms with Crippen LogP contribution in [0.5, 0.6) is 0 Å². The Bertz CT molecular complexity index is 15.5. The van der Waals surface area contributed by atoms with Crippen molar-refractivity contribution >= 4 is 12.4 Å². The fraction of sp³-hybridized carbons (Fsp3) is 0. The predicted octanol–water partition coefficient (Wildman–Crippen LogP) is 0.412. The van der Waals surface area contributed by atoms with Crippen molar-refractivity contribution in [3.05, 3.63) is 0 Å². The Hall–Kier alpha value is 4.17. The molecule has 0 aliphatic rings. The molecule has 0 unspecified atom stereocenters. The third kappa shape index (κ3) is 24.1. The van der Waals surface area contributed by atoms with Crippen LogP contribution in [0.4, 0.5) is 0 Å². The average molecular weight is 574 g/mol. The van der Waals surface area contributed by atoms with E-state index < -0.39 is 0 Å². The first-order valence-corrected chi connectivity index (χ1v) is 0. The molecule has 0 aromatic rings. The van der Waals surface area contributed by atoms with Crippen LogP contribution in [0.25, 0.3) is 0 Å². The zero-order valence-electron chi connectivity index (χ0n) is 2.45. The summed E-state index contributed by atoms with van der Waals surface area (Å²) in [6.45, 7) is 0. The van der Waals surface area contributed by atoms with Gasteiger partial charge in [-0.15, -0.1) is 12.4 Å². The summed E-state index contributed by atoms with van der Waals surface area (Å²) in [5.41, 5.74) is 0. The Morgan fingerprint density at radius 2 is 1.00 bits per heavy atom. The first-order valence-electron chi connectivity index (χ1n) is 0. The van der Waals surface area contributed by atoms with Crippen molar-refractivity contribution in [2.45, 2.75) is 0 Å². The normalized spacial score (nSPS) is 0. The zero-order valence-corrected chi connectivity index (χ0v) is 13.2. The molecule has 0 aromatic heterocycles. The zero-order chi connectivity index (χ0) is 0. The van der Waals surface area contributed by atoms with E-state index in [1.165, 1.54) is 0 Å². The van der Waals surface area contributed by atoms with Crippen molar-refractivity contribution in [2.24, 2.45) is 0 Å². The van der Waals surface area contributed by atoms with Crippen LogP contribution in [0, 0.1) is 41.7 Å². The molecule has 1 radical (unpaired) electrons. The van der Waals surface area contributed by atoms with Gasteiger partial charge >= 0.3 is 0 Å². The molecule has 0 fully saturated rings. The summed E-state index contributed by atoms with van der Waals surface area (Å²) in [7, 11) is 0. The third-order valence-corrected chi connectivity index (χ3v) is 0. The van der Waals surface area contributed by atoms with Gasteiger partial charge in [-0.05, 0) is 0 Å². The molecule has 41 valence electrons. The molecular formula is HCeClFeIrRuTi. The van der Waals surface area contributed by atoms with Crippen molar-refractivity contribution in [3.8, 4) is 0 Å². The molecule has 0 saturated heterocycles. The average Bonchev–Trinajstić information content (AvgIpc) is 0. The molecule has 0 atom stereocenters. The molecular weight excluding hydrogens is 573 g/mol. The molecule has 6 heteroatoms. The minimum Gasteiger partial charge on any atom is -0.147 e. The second kappa shape index (κ2) is 35.2. The van der Waals surface area contributed by atoms with E-state index in [0.717, 1.165) is 0 Å². The minimum absolute atomic E-state index is 0. The summed E-state index contributed by atoms with van der Waals surface area (Å²) in [4.78, 5) is 0. The largest absolute Gasteiger partial charge is 0.147 e. The summed E-state index contributed by atoms with van der Waals surface area (Å²) < 4.78 is 0. The van der Waals surface area contributed by atoms with Gasteiger partial charge < -0.3 is 0 Å². The van der Waals surface area contributed by atoms with Gasteiger partial charge in [-0.25, -0.2) is 0 Å². The quantitative estimate of drug-likeness (QED) is 0.369. The molecule has 0 aromatic carbocycles. The van der Waals surface area contributed by atoms with Gasteiger partial charge in [0.05, 0.1) is 0 Å². The molecule has 0 N–H and O–H groups in total. The van der Waals surface area contributed by atoms with Gasteiger partial charge in [0.15, 0.2) is 0 Å². The van der Waals surface area contributed by atoms with E-state index in [1.807, 2.05) is 0 Å². The van der Waals surface area contributed by atoms with Gasteiger partial charge in [0.2, 0.25) is 0 Å². The van der Waals surface area contributed by atoms with Gasteiger partial charge in [-0.3, -0.25) is 0 Å². The molecule has 0 heterocycles. The Labute approximate surface area is 129 Å². The molecule has 0 rings (SSSR count). The Balaban J connectivity index is 0. The first kappa shape index (κ1) is 49.2. The van der Waals surface area contributed by atoms with Crippen molar-refractivity contribution in [2.75, 3.05) is 0 Å². The number of hydrogen-bond donors (Lipinski definition) is 0. The van der Waals surface area contributed by atoms with Crippen molar-refractivity contribution in [3.63, 3.8) is 0 Å². The van der Waals surface area contributed by atoms with Gasteiger partial charge in [-0.1, -0.05) is 0 Å². The maximum atomic E-state index is 0. The molecule has 6 heavy (non-hydrogen) atoms. The fourth-order valence-corrected chi connectivity index (χ4v) is 0. The Morgan fingerprint density at radius 1 is 1.00 bits per heavy atom. The molecule has 0 amide bonds. The molecule has 0 aliphatic heterocycles. The van der Waals surface area contributed by atoms with E-state index in [-0.39, 0.29) is 133 Å². The summed E-state index contributed by atoms with van der Waals surface area (Å²) in [5, 5.41) is 0. The summed E-state index contributed by atoms with van der Waals surface area (Å²) in [5.74, 6) is 0. The molecule has 0 spiro atoms. The number of hydrogen-bond acceptors (Lipinski definition) is 0. The molecule has 0 bridgehead atoms. The maximum Gasteiger partial charge on any atom is 0 e. The van der Waals surface area contributed by atoms with Crippen molar-refractivity contribution in [1.82, 2.24) is 0 Å². The molecule has 0 saturated carbocycles. The van der Waals surface area contributed by atoms with Crippen LogP contribution in [0.2, 0.25) is 0 Å². The SMILES string of the molecule is Cl.[Ce].[Fe].[Ir].[Ru].[Ti]. The van der Waals surface area contributed by atoms with Crippen LogP contribution in [-0.2, 0) is 78.4 Å².